The molecule has 8 atom stereocenters. The van der Waals surface area contributed by atoms with E-state index in [1.165, 1.54) is 13.8 Å². The van der Waals surface area contributed by atoms with E-state index in [1.54, 1.807) is 0 Å². The number of nitrogens with zero attached hydrogens (tertiary/aromatic N) is 4. The van der Waals surface area contributed by atoms with Crippen molar-refractivity contribution in [2.45, 2.75) is 50.9 Å². The molecule has 2 aromatic rings. The number of thiol groups is 1. The van der Waals surface area contributed by atoms with Crippen LogP contribution in [-0.4, -0.2) is 114 Å². The van der Waals surface area contributed by atoms with E-state index in [2.05, 4.69) is 56.1 Å². The summed E-state index contributed by atoms with van der Waals surface area (Å²) in [4.78, 5) is 81.0. The largest absolute Gasteiger partial charge is 1.00 e. The monoisotopic (exact) mass is 821 g/mol. The number of hydrogen-bond acceptors (Lipinski definition) is 20. The molecule has 1 saturated heterocycles. The van der Waals surface area contributed by atoms with E-state index in [1.807, 2.05) is 0 Å². The van der Waals surface area contributed by atoms with Gasteiger partial charge in [0, 0.05) is 30.7 Å². The summed E-state index contributed by atoms with van der Waals surface area (Å²) in [6.45, 7) is 0.374. The average molecular weight is 821 g/mol. The fourth-order valence-electron chi connectivity index (χ4n) is 4.12. The molecule has 0 radical (unpaired) electrons. The van der Waals surface area contributed by atoms with Crippen molar-refractivity contribution in [3.05, 3.63) is 12.7 Å². The molecule has 25 nitrogen and oxygen atoms in total. The number of ether oxygens (including phenoxy) is 1. The van der Waals surface area contributed by atoms with Crippen LogP contribution in [0.5, 0.6) is 0 Å². The maximum absolute atomic E-state index is 12.4. The van der Waals surface area contributed by atoms with E-state index in [4.69, 9.17) is 10.5 Å². The van der Waals surface area contributed by atoms with Crippen LogP contribution in [0.15, 0.2) is 12.7 Å². The summed E-state index contributed by atoms with van der Waals surface area (Å²) >= 11 is 3.94. The van der Waals surface area contributed by atoms with Gasteiger partial charge in [-0.05, 0) is 0 Å². The number of hydrogen-bond donors (Lipinski definition) is 7. The van der Waals surface area contributed by atoms with Gasteiger partial charge in [0.1, 0.15) is 36.3 Å². The van der Waals surface area contributed by atoms with Crippen molar-refractivity contribution in [3.8, 4) is 0 Å². The Morgan fingerprint density at radius 1 is 1.08 bits per heavy atom. The van der Waals surface area contributed by atoms with Crippen LogP contribution in [0.2, 0.25) is 0 Å². The minimum absolute atomic E-state index is 0. The molecule has 53 heavy (non-hydrogen) atoms. The van der Waals surface area contributed by atoms with Gasteiger partial charge in [-0.2, -0.15) is 12.6 Å². The van der Waals surface area contributed by atoms with Gasteiger partial charge in [-0.1, -0.05) is 13.8 Å². The first-order valence-electron chi connectivity index (χ1n) is 13.6. The Labute approximate surface area is 343 Å². The van der Waals surface area contributed by atoms with E-state index >= 15 is 0 Å². The van der Waals surface area contributed by atoms with Crippen LogP contribution in [0.25, 0.3) is 11.2 Å². The number of phosphoric ester groups is 3. The van der Waals surface area contributed by atoms with Crippen molar-refractivity contribution >= 4 is 64.9 Å². The number of rotatable bonds is 18. The zero-order valence-corrected chi connectivity index (χ0v) is 32.7. The van der Waals surface area contributed by atoms with Crippen molar-refractivity contribution in [1.82, 2.24) is 30.2 Å². The van der Waals surface area contributed by atoms with Crippen molar-refractivity contribution in [2.75, 3.05) is 37.8 Å². The number of imidazole rings is 1. The quantitative estimate of drug-likeness (QED) is 0.0417. The number of aliphatic hydroxyl groups is 2. The molecule has 0 saturated carbocycles. The van der Waals surface area contributed by atoms with Gasteiger partial charge in [0.2, 0.25) is 11.8 Å². The molecule has 1 aliphatic heterocycles. The van der Waals surface area contributed by atoms with Gasteiger partial charge < -0.3 is 75.4 Å². The minimum atomic E-state index is -5.87. The molecule has 1 fully saturated rings. The smallest absolute Gasteiger partial charge is 0.756 e. The van der Waals surface area contributed by atoms with Gasteiger partial charge in [0.15, 0.2) is 17.7 Å². The number of aliphatic hydroxyl groups excluding tert-OH is 2. The molecule has 0 aromatic carbocycles. The molecule has 0 spiro atoms. The number of nitrogens with two attached hydrogens (primary N) is 1. The topological polar surface area (TPSA) is 418 Å². The molecule has 2 amide bonds. The third-order valence-corrected chi connectivity index (χ3v) is 9.74. The van der Waals surface area contributed by atoms with Gasteiger partial charge >= 0.3 is 56.6 Å². The Kier molecular flexibility index (Phi) is 25.5. The van der Waals surface area contributed by atoms with E-state index in [-0.39, 0.29) is 103 Å². The van der Waals surface area contributed by atoms with Gasteiger partial charge in [0.05, 0.1) is 19.5 Å². The Morgan fingerprint density at radius 2 is 1.68 bits per heavy atom. The molecule has 2 aromatic heterocycles. The maximum atomic E-state index is 12.4. The zero-order valence-electron chi connectivity index (χ0n) is 29.1. The number of phosphoric acid groups is 3. The van der Waals surface area contributed by atoms with E-state index in [0.29, 0.717) is 12.3 Å². The molecule has 0 bridgehead atoms. The van der Waals surface area contributed by atoms with Crippen molar-refractivity contribution in [3.63, 3.8) is 0 Å². The Hall–Kier alpha value is -0.398. The number of nitrogens with one attached hydrogen (secondary N) is 2. The fourth-order valence-corrected chi connectivity index (χ4v) is 6.97. The van der Waals surface area contributed by atoms with Crippen molar-refractivity contribution < 1.29 is 143 Å². The number of anilines is 1. The number of amides is 2. The van der Waals surface area contributed by atoms with Gasteiger partial charge in [0.25, 0.3) is 23.5 Å². The second-order valence-corrected chi connectivity index (χ2v) is 15.3. The SMILES string of the molecule is CC(C)(COP(=O)([O-])OP(=O)([O-])OC[C@@H]1O[C@H](n2cnc3c(N)ncnc32)[C@@H](O)[C@H]1OP(=O)([O-])O)C(O)C(=O)NCCC(=O)NCCS.O.O.[Li+].[Li+].[Li+]. The predicted octanol–water partition coefficient (Wildman–Crippen LogP) is -14.2. The number of fused-ring (bicyclic) bond motifs is 1. The first-order chi connectivity index (χ1) is 22.2. The van der Waals surface area contributed by atoms with Crippen molar-refractivity contribution in [1.29, 1.82) is 0 Å². The first kappa shape index (κ1) is 56.9. The Bertz CT molecular complexity index is 1610. The summed E-state index contributed by atoms with van der Waals surface area (Å²) in [5, 5.41) is 26.0. The van der Waals surface area contributed by atoms with E-state index in [9.17, 15) is 53.1 Å². The van der Waals surface area contributed by atoms with Gasteiger partial charge in [-0.15, -0.1) is 0 Å². The standard InChI is InChI=1S/C21H36N7O16P3S.3Li.2H2O/c1-21(2,16(31)19(32)24-4-3-12(29)23-5-6-48)8-41-47(38,39)44-46(36,37)40-7-11-15(43-45(33,34)35)14(30)20(42-11)28-10-27-13-17(22)25-9-26-18(13)28;;;;;/h9-11,14-16,20,30-31,48H,3-8H2,1-2H3,(H,23,29)(H,24,32)(H,36,37)(H,38,39)(H2,22,25,26)(H2,33,34,35);;;;2*1H2/q;3*+1;;/p-3/t11-,14-,15-,16?,20-;;;;;/m0...../s1. The molecule has 3 rings (SSSR count). The van der Waals surface area contributed by atoms with Crippen LogP contribution in [-0.2, 0) is 45.9 Å². The molecule has 4 unspecified atom stereocenters. The second kappa shape index (κ2) is 23.7. The summed E-state index contributed by atoms with van der Waals surface area (Å²) in [5.41, 5.74) is 4.15. The molecular weight excluding hydrogens is 784 g/mol. The van der Waals surface area contributed by atoms with Crippen LogP contribution in [0, 0.1) is 5.41 Å². The second-order valence-electron chi connectivity index (χ2n) is 10.7. The Balaban J connectivity index is -0.00000500. The summed E-state index contributed by atoms with van der Waals surface area (Å²) in [7, 11) is -17.2. The summed E-state index contributed by atoms with van der Waals surface area (Å²) in [5.74, 6) is -1.03. The summed E-state index contributed by atoms with van der Waals surface area (Å²) in [6, 6.07) is 0. The number of carbonyl (C=O) groups excluding carboxylic acids is 2. The van der Waals surface area contributed by atoms with Crippen LogP contribution in [0.4, 0.5) is 5.82 Å². The first-order valence-corrected chi connectivity index (χ1v) is 18.7. The average Bonchev–Trinajstić information content (AvgIpc) is 3.54. The molecule has 0 aliphatic carbocycles. The molecule has 11 N–H and O–H groups in total. The number of nitrogen functional groups attached to an aromatic ring is 1. The molecular formula is C21H37Li3N7O18P3S. The zero-order chi connectivity index (χ0) is 36.1. The van der Waals surface area contributed by atoms with E-state index < -0.39 is 78.6 Å². The minimum Gasteiger partial charge on any atom is -0.756 e. The van der Waals surface area contributed by atoms with E-state index in [0.717, 1.165) is 17.2 Å². The predicted molar refractivity (Wildman–Crippen MR) is 164 cm³/mol. The summed E-state index contributed by atoms with van der Waals surface area (Å²) < 4.78 is 60.4. The molecule has 32 heteroatoms. The molecule has 1 aliphatic rings. The maximum Gasteiger partial charge on any atom is 1.00 e. The number of aromatic nitrogens is 4. The van der Waals surface area contributed by atoms with Gasteiger partial charge in [-0.25, -0.2) is 19.3 Å². The van der Waals surface area contributed by atoms with Crippen LogP contribution >= 0.6 is 36.1 Å². The molecule has 288 valence electrons. The normalized spacial score (nSPS) is 22.1. The van der Waals surface area contributed by atoms with Crippen molar-refractivity contribution in [2.24, 2.45) is 5.41 Å². The van der Waals surface area contributed by atoms with Crippen LogP contribution < -0.4 is 87.6 Å². The third-order valence-electron chi connectivity index (χ3n) is 6.49. The fraction of sp³-hybridized carbons (Fsp3) is 0.667. The Morgan fingerprint density at radius 3 is 2.26 bits per heavy atom. The molecule has 3 heterocycles. The third kappa shape index (κ3) is 16.9. The van der Waals surface area contributed by atoms with Crippen LogP contribution in [0.3, 0.4) is 0 Å². The van der Waals surface area contributed by atoms with Gasteiger partial charge in [-0.3, -0.25) is 27.9 Å². The summed E-state index contributed by atoms with van der Waals surface area (Å²) in [6.07, 6.45) is -7.21. The van der Waals surface area contributed by atoms with Crippen LogP contribution in [0.1, 0.15) is 26.5 Å². The number of carbonyl (C=O) groups is 2.